The van der Waals surface area contributed by atoms with Crippen LogP contribution in [0.4, 0.5) is 18.9 Å². The summed E-state index contributed by atoms with van der Waals surface area (Å²) < 4.78 is 38.1. The summed E-state index contributed by atoms with van der Waals surface area (Å²) in [7, 11) is 0. The summed E-state index contributed by atoms with van der Waals surface area (Å²) in [5.74, 6) is 0. The summed E-state index contributed by atoms with van der Waals surface area (Å²) in [6, 6.07) is 5.55. The normalized spacial score (nSPS) is 12.6. The Morgan fingerprint density at radius 1 is 1.12 bits per heavy atom. The van der Waals surface area contributed by atoms with Crippen molar-refractivity contribution in [2.45, 2.75) is 38.9 Å². The lowest BCUT2D eigenvalue weighted by Gasteiger charge is -2.27. The molecule has 16 heavy (non-hydrogen) atoms. The van der Waals surface area contributed by atoms with Crippen LogP contribution in [-0.4, -0.2) is 5.54 Å². The molecule has 0 aliphatic rings. The SMILES string of the molecule is CCC(C)(C)Nc1ccccc1C(F)(F)F. The van der Waals surface area contributed by atoms with E-state index in [9.17, 15) is 13.2 Å². The van der Waals surface area contributed by atoms with Gasteiger partial charge in [-0.1, -0.05) is 19.1 Å². The molecule has 0 spiro atoms. The molecule has 0 amide bonds. The van der Waals surface area contributed by atoms with E-state index < -0.39 is 11.7 Å². The van der Waals surface area contributed by atoms with Gasteiger partial charge in [-0.2, -0.15) is 13.2 Å². The van der Waals surface area contributed by atoms with Gasteiger partial charge < -0.3 is 5.32 Å². The molecule has 1 aromatic carbocycles. The van der Waals surface area contributed by atoms with E-state index in [4.69, 9.17) is 0 Å². The Morgan fingerprint density at radius 3 is 2.19 bits per heavy atom. The van der Waals surface area contributed by atoms with E-state index in [1.807, 2.05) is 20.8 Å². The Hall–Kier alpha value is -1.19. The fraction of sp³-hybridized carbons (Fsp3) is 0.500. The van der Waals surface area contributed by atoms with Crippen molar-refractivity contribution in [3.05, 3.63) is 29.8 Å². The molecule has 0 aliphatic carbocycles. The van der Waals surface area contributed by atoms with Crippen molar-refractivity contribution in [2.75, 3.05) is 5.32 Å². The zero-order valence-corrected chi connectivity index (χ0v) is 9.65. The molecule has 0 aromatic heterocycles. The Kier molecular flexibility index (Phi) is 3.51. The van der Waals surface area contributed by atoms with Crippen LogP contribution in [0.3, 0.4) is 0 Å². The minimum Gasteiger partial charge on any atom is -0.380 e. The van der Waals surface area contributed by atoms with Crippen molar-refractivity contribution in [2.24, 2.45) is 0 Å². The molecular formula is C12H16F3N. The highest BCUT2D eigenvalue weighted by Crippen LogP contribution is 2.35. The predicted octanol–water partition coefficient (Wildman–Crippen LogP) is 4.31. The van der Waals surface area contributed by atoms with Gasteiger partial charge in [0, 0.05) is 11.2 Å². The fourth-order valence-electron chi connectivity index (χ4n) is 1.29. The molecule has 0 aliphatic heterocycles. The van der Waals surface area contributed by atoms with E-state index in [1.54, 1.807) is 6.07 Å². The summed E-state index contributed by atoms with van der Waals surface area (Å²) in [5.41, 5.74) is -0.820. The van der Waals surface area contributed by atoms with E-state index in [-0.39, 0.29) is 11.2 Å². The minimum atomic E-state index is -4.31. The van der Waals surface area contributed by atoms with Crippen LogP contribution in [0, 0.1) is 0 Å². The lowest BCUT2D eigenvalue weighted by molar-refractivity contribution is -0.137. The second-order valence-corrected chi connectivity index (χ2v) is 4.41. The predicted molar refractivity (Wildman–Crippen MR) is 59.4 cm³/mol. The zero-order chi connectivity index (χ0) is 12.4. The lowest BCUT2D eigenvalue weighted by atomic mass is 10.0. The summed E-state index contributed by atoms with van der Waals surface area (Å²) >= 11 is 0. The maximum absolute atomic E-state index is 12.7. The maximum Gasteiger partial charge on any atom is 0.418 e. The molecule has 0 unspecified atom stereocenters. The van der Waals surface area contributed by atoms with Crippen LogP contribution >= 0.6 is 0 Å². The Bertz CT molecular complexity index is 356. The van der Waals surface area contributed by atoms with Crippen molar-refractivity contribution < 1.29 is 13.2 Å². The van der Waals surface area contributed by atoms with E-state index in [1.165, 1.54) is 12.1 Å². The van der Waals surface area contributed by atoms with Gasteiger partial charge in [0.2, 0.25) is 0 Å². The van der Waals surface area contributed by atoms with Crippen LogP contribution in [0.1, 0.15) is 32.8 Å². The summed E-state index contributed by atoms with van der Waals surface area (Å²) in [5, 5.41) is 2.92. The van der Waals surface area contributed by atoms with Crippen LogP contribution < -0.4 is 5.32 Å². The largest absolute Gasteiger partial charge is 0.418 e. The second-order valence-electron chi connectivity index (χ2n) is 4.41. The molecule has 0 saturated carbocycles. The van der Waals surface area contributed by atoms with Crippen molar-refractivity contribution in [1.82, 2.24) is 0 Å². The first kappa shape index (κ1) is 12.9. The Morgan fingerprint density at radius 2 is 1.69 bits per heavy atom. The molecule has 1 nitrogen and oxygen atoms in total. The molecule has 1 aromatic rings. The highest BCUT2D eigenvalue weighted by atomic mass is 19.4. The van der Waals surface area contributed by atoms with Crippen molar-refractivity contribution in [1.29, 1.82) is 0 Å². The van der Waals surface area contributed by atoms with Gasteiger partial charge in [-0.25, -0.2) is 0 Å². The third-order valence-corrected chi connectivity index (χ3v) is 2.59. The first-order chi connectivity index (χ1) is 7.26. The number of hydrogen-bond acceptors (Lipinski definition) is 1. The van der Waals surface area contributed by atoms with E-state index in [2.05, 4.69) is 5.32 Å². The molecule has 1 rings (SSSR count). The van der Waals surface area contributed by atoms with Gasteiger partial charge in [0.1, 0.15) is 0 Å². The number of halogens is 3. The summed E-state index contributed by atoms with van der Waals surface area (Å²) in [4.78, 5) is 0. The van der Waals surface area contributed by atoms with Gasteiger partial charge in [-0.3, -0.25) is 0 Å². The molecule has 0 bridgehead atoms. The van der Waals surface area contributed by atoms with Crippen molar-refractivity contribution >= 4 is 5.69 Å². The fourth-order valence-corrected chi connectivity index (χ4v) is 1.29. The van der Waals surface area contributed by atoms with E-state index >= 15 is 0 Å². The van der Waals surface area contributed by atoms with E-state index in [0.29, 0.717) is 0 Å². The molecule has 90 valence electrons. The number of nitrogens with one attached hydrogen (secondary N) is 1. The first-order valence-electron chi connectivity index (χ1n) is 5.20. The smallest absolute Gasteiger partial charge is 0.380 e. The number of benzene rings is 1. The van der Waals surface area contributed by atoms with Gasteiger partial charge in [-0.05, 0) is 32.4 Å². The average Bonchev–Trinajstić information content (AvgIpc) is 2.16. The van der Waals surface area contributed by atoms with Gasteiger partial charge in [-0.15, -0.1) is 0 Å². The third kappa shape index (κ3) is 3.15. The number of rotatable bonds is 3. The number of alkyl halides is 3. The molecular weight excluding hydrogens is 215 g/mol. The molecule has 0 radical (unpaired) electrons. The topological polar surface area (TPSA) is 12.0 Å². The quantitative estimate of drug-likeness (QED) is 0.817. The zero-order valence-electron chi connectivity index (χ0n) is 9.65. The number of anilines is 1. The average molecular weight is 231 g/mol. The standard InChI is InChI=1S/C12H16F3N/c1-4-11(2,3)16-10-8-6-5-7-9(10)12(13,14)15/h5-8,16H,4H2,1-3H3. The van der Waals surface area contributed by atoms with Gasteiger partial charge in [0.15, 0.2) is 0 Å². The first-order valence-corrected chi connectivity index (χ1v) is 5.20. The highest BCUT2D eigenvalue weighted by Gasteiger charge is 2.34. The minimum absolute atomic E-state index is 0.141. The molecule has 0 saturated heterocycles. The van der Waals surface area contributed by atoms with Gasteiger partial charge in [0.25, 0.3) is 0 Å². The third-order valence-electron chi connectivity index (χ3n) is 2.59. The molecule has 0 atom stereocenters. The Labute approximate surface area is 93.7 Å². The van der Waals surface area contributed by atoms with Crippen LogP contribution in [-0.2, 0) is 6.18 Å². The summed E-state index contributed by atoms with van der Waals surface area (Å²) in [6.07, 6.45) is -3.56. The second kappa shape index (κ2) is 4.36. The van der Waals surface area contributed by atoms with Crippen molar-refractivity contribution in [3.63, 3.8) is 0 Å². The maximum atomic E-state index is 12.7. The van der Waals surface area contributed by atoms with Crippen LogP contribution in [0.2, 0.25) is 0 Å². The molecule has 4 heteroatoms. The van der Waals surface area contributed by atoms with Gasteiger partial charge in [0.05, 0.1) is 5.56 Å². The molecule has 0 fully saturated rings. The molecule has 0 heterocycles. The molecule has 1 N–H and O–H groups in total. The number of para-hydroxylation sites is 1. The van der Waals surface area contributed by atoms with Crippen molar-refractivity contribution in [3.8, 4) is 0 Å². The lowest BCUT2D eigenvalue weighted by Crippen LogP contribution is -2.30. The van der Waals surface area contributed by atoms with Gasteiger partial charge >= 0.3 is 6.18 Å². The Balaban J connectivity index is 3.06. The number of hydrogen-bond donors (Lipinski definition) is 1. The van der Waals surface area contributed by atoms with E-state index in [0.717, 1.165) is 12.5 Å². The highest BCUT2D eigenvalue weighted by molar-refractivity contribution is 5.54. The van der Waals surface area contributed by atoms with Crippen LogP contribution in [0.15, 0.2) is 24.3 Å². The van der Waals surface area contributed by atoms with Crippen LogP contribution in [0.5, 0.6) is 0 Å². The summed E-state index contributed by atoms with van der Waals surface area (Å²) in [6.45, 7) is 5.68. The van der Waals surface area contributed by atoms with Crippen LogP contribution in [0.25, 0.3) is 0 Å². The monoisotopic (exact) mass is 231 g/mol.